The Kier molecular flexibility index (Phi) is 3.56. The van der Waals surface area contributed by atoms with Gasteiger partial charge in [-0.25, -0.2) is 0 Å². The van der Waals surface area contributed by atoms with E-state index in [4.69, 9.17) is 4.74 Å². The summed E-state index contributed by atoms with van der Waals surface area (Å²) in [7, 11) is 0. The molecule has 4 rings (SSSR count). The average molecular weight is 307 g/mol. The topological polar surface area (TPSA) is 29.5 Å². The number of nitrogens with zero attached hydrogens (tertiary/aromatic N) is 1. The van der Waals surface area contributed by atoms with Crippen molar-refractivity contribution < 1.29 is 9.53 Å². The van der Waals surface area contributed by atoms with E-state index in [-0.39, 0.29) is 17.9 Å². The van der Waals surface area contributed by atoms with Crippen molar-refractivity contribution in [2.75, 3.05) is 11.5 Å². The molecular formula is C20H21NO2. The molecule has 2 aromatic carbocycles. The van der Waals surface area contributed by atoms with Gasteiger partial charge < -0.3 is 9.64 Å². The Morgan fingerprint density at radius 1 is 1.17 bits per heavy atom. The van der Waals surface area contributed by atoms with E-state index in [1.165, 1.54) is 11.1 Å². The van der Waals surface area contributed by atoms with Gasteiger partial charge >= 0.3 is 0 Å². The van der Waals surface area contributed by atoms with Crippen molar-refractivity contribution in [2.45, 2.75) is 38.1 Å². The van der Waals surface area contributed by atoms with Crippen LogP contribution < -0.4 is 9.64 Å². The minimum atomic E-state index is 0.226. The molecule has 0 spiro atoms. The fraction of sp³-hybridized carbons (Fsp3) is 0.350. The lowest BCUT2D eigenvalue weighted by molar-refractivity contribution is -0.119. The number of carbonyl (C=O) groups excluding carboxylic acids is 1. The average Bonchev–Trinajstić information content (AvgIpc) is 2.91. The van der Waals surface area contributed by atoms with Crippen LogP contribution in [0.1, 0.15) is 36.8 Å². The first-order chi connectivity index (χ1) is 11.2. The number of para-hydroxylation sites is 2. The van der Waals surface area contributed by atoms with E-state index < -0.39 is 0 Å². The van der Waals surface area contributed by atoms with Crippen LogP contribution in [0.5, 0.6) is 5.75 Å². The summed E-state index contributed by atoms with van der Waals surface area (Å²) in [6.45, 7) is 2.83. The predicted molar refractivity (Wildman–Crippen MR) is 91.0 cm³/mol. The zero-order chi connectivity index (χ0) is 15.8. The van der Waals surface area contributed by atoms with Gasteiger partial charge in [-0.2, -0.15) is 0 Å². The second-order valence-electron chi connectivity index (χ2n) is 6.52. The maximum atomic E-state index is 13.0. The molecule has 3 heteroatoms. The smallest absolute Gasteiger partial charge is 0.227 e. The normalized spacial score (nSPS) is 22.2. The van der Waals surface area contributed by atoms with Crippen molar-refractivity contribution in [2.24, 2.45) is 0 Å². The number of hydrogen-bond donors (Lipinski definition) is 0. The molecule has 0 aromatic heterocycles. The van der Waals surface area contributed by atoms with E-state index in [1.54, 1.807) is 0 Å². The number of ether oxygens (including phenoxy) is 1. The summed E-state index contributed by atoms with van der Waals surface area (Å²) in [5.41, 5.74) is 3.54. The van der Waals surface area contributed by atoms with E-state index in [0.29, 0.717) is 13.0 Å². The highest BCUT2D eigenvalue weighted by Crippen LogP contribution is 2.38. The van der Waals surface area contributed by atoms with Gasteiger partial charge in [-0.05, 0) is 48.9 Å². The molecule has 2 aliphatic heterocycles. The number of anilines is 1. The minimum absolute atomic E-state index is 0.226. The molecule has 0 saturated heterocycles. The Balaban J connectivity index is 1.58. The van der Waals surface area contributed by atoms with Crippen molar-refractivity contribution in [1.29, 1.82) is 0 Å². The highest BCUT2D eigenvalue weighted by molar-refractivity contribution is 5.96. The largest absolute Gasteiger partial charge is 0.493 e. The Hall–Kier alpha value is -2.29. The Labute approximate surface area is 136 Å². The van der Waals surface area contributed by atoms with Gasteiger partial charge in [0.2, 0.25) is 5.91 Å². The molecule has 0 fully saturated rings. The summed E-state index contributed by atoms with van der Waals surface area (Å²) in [5.74, 6) is 1.42. The van der Waals surface area contributed by atoms with Gasteiger partial charge in [-0.15, -0.1) is 0 Å². The first-order valence-corrected chi connectivity index (χ1v) is 8.35. The highest BCUT2D eigenvalue weighted by Gasteiger charge is 2.33. The van der Waals surface area contributed by atoms with Gasteiger partial charge in [-0.1, -0.05) is 36.4 Å². The molecule has 0 N–H and O–H groups in total. The van der Waals surface area contributed by atoms with Gasteiger partial charge in [0, 0.05) is 18.2 Å². The zero-order valence-electron chi connectivity index (χ0n) is 13.4. The SMILES string of the molecule is CC1Cc2ccccc2N1C(=O)CC1CCOc2ccccc21. The van der Waals surface area contributed by atoms with Crippen molar-refractivity contribution in [3.63, 3.8) is 0 Å². The lowest BCUT2D eigenvalue weighted by atomic mass is 9.89. The lowest BCUT2D eigenvalue weighted by Crippen LogP contribution is -2.37. The third kappa shape index (κ3) is 2.50. The fourth-order valence-corrected chi connectivity index (χ4v) is 3.88. The maximum Gasteiger partial charge on any atom is 0.227 e. The molecule has 118 valence electrons. The van der Waals surface area contributed by atoms with Crippen LogP contribution in [0.3, 0.4) is 0 Å². The van der Waals surface area contributed by atoms with E-state index in [1.807, 2.05) is 35.2 Å². The van der Waals surface area contributed by atoms with Crippen LogP contribution in [-0.2, 0) is 11.2 Å². The van der Waals surface area contributed by atoms with E-state index >= 15 is 0 Å². The zero-order valence-corrected chi connectivity index (χ0v) is 13.4. The van der Waals surface area contributed by atoms with Gasteiger partial charge in [0.25, 0.3) is 0 Å². The molecular weight excluding hydrogens is 286 g/mol. The Bertz CT molecular complexity index is 740. The second-order valence-corrected chi connectivity index (χ2v) is 6.52. The predicted octanol–water partition coefficient (Wildman–Crippen LogP) is 3.92. The molecule has 23 heavy (non-hydrogen) atoms. The number of fused-ring (bicyclic) bond motifs is 2. The van der Waals surface area contributed by atoms with Crippen molar-refractivity contribution in [3.8, 4) is 5.75 Å². The second kappa shape index (κ2) is 5.73. The number of benzene rings is 2. The third-order valence-electron chi connectivity index (χ3n) is 4.98. The fourth-order valence-electron chi connectivity index (χ4n) is 3.88. The summed E-state index contributed by atoms with van der Waals surface area (Å²) in [6, 6.07) is 16.6. The number of rotatable bonds is 2. The lowest BCUT2D eigenvalue weighted by Gasteiger charge is -2.29. The molecule has 2 heterocycles. The molecule has 0 bridgehead atoms. The summed E-state index contributed by atoms with van der Waals surface area (Å²) >= 11 is 0. The number of hydrogen-bond acceptors (Lipinski definition) is 2. The molecule has 2 atom stereocenters. The highest BCUT2D eigenvalue weighted by atomic mass is 16.5. The Morgan fingerprint density at radius 2 is 1.96 bits per heavy atom. The van der Waals surface area contributed by atoms with E-state index in [0.717, 1.165) is 24.3 Å². The number of carbonyl (C=O) groups is 1. The molecule has 3 nitrogen and oxygen atoms in total. The van der Waals surface area contributed by atoms with Crippen molar-refractivity contribution in [1.82, 2.24) is 0 Å². The first kappa shape index (κ1) is 14.3. The Morgan fingerprint density at radius 3 is 2.87 bits per heavy atom. The monoisotopic (exact) mass is 307 g/mol. The quantitative estimate of drug-likeness (QED) is 0.841. The first-order valence-electron chi connectivity index (χ1n) is 8.35. The van der Waals surface area contributed by atoms with Crippen LogP contribution in [0.25, 0.3) is 0 Å². The van der Waals surface area contributed by atoms with Crippen LogP contribution in [0.15, 0.2) is 48.5 Å². The van der Waals surface area contributed by atoms with E-state index in [9.17, 15) is 4.79 Å². The molecule has 1 amide bonds. The molecule has 2 aromatic rings. The van der Waals surface area contributed by atoms with Crippen molar-refractivity contribution in [3.05, 3.63) is 59.7 Å². The molecule has 0 saturated carbocycles. The standard InChI is InChI=1S/C20H21NO2/c1-14-12-16-6-2-4-8-18(16)21(14)20(22)13-15-10-11-23-19-9-5-3-7-17(15)19/h2-9,14-15H,10-13H2,1H3. The van der Waals surface area contributed by atoms with Gasteiger partial charge in [0.15, 0.2) is 0 Å². The van der Waals surface area contributed by atoms with Crippen LogP contribution in [0.2, 0.25) is 0 Å². The molecule has 2 aliphatic rings. The van der Waals surface area contributed by atoms with Crippen molar-refractivity contribution >= 4 is 11.6 Å². The van der Waals surface area contributed by atoms with Gasteiger partial charge in [0.05, 0.1) is 6.61 Å². The third-order valence-corrected chi connectivity index (χ3v) is 4.98. The molecule has 0 aliphatic carbocycles. The van der Waals surface area contributed by atoms with Crippen LogP contribution in [0, 0.1) is 0 Å². The minimum Gasteiger partial charge on any atom is -0.493 e. The molecule has 2 unspecified atom stereocenters. The summed E-state index contributed by atoms with van der Waals surface area (Å²) in [5, 5.41) is 0. The summed E-state index contributed by atoms with van der Waals surface area (Å²) in [4.78, 5) is 15.0. The maximum absolute atomic E-state index is 13.0. The van der Waals surface area contributed by atoms with Gasteiger partial charge in [0.1, 0.15) is 5.75 Å². The van der Waals surface area contributed by atoms with Crippen LogP contribution in [0.4, 0.5) is 5.69 Å². The molecule has 0 radical (unpaired) electrons. The summed E-state index contributed by atoms with van der Waals surface area (Å²) in [6.07, 6.45) is 2.41. The summed E-state index contributed by atoms with van der Waals surface area (Å²) < 4.78 is 5.71. The number of amides is 1. The van der Waals surface area contributed by atoms with E-state index in [2.05, 4.69) is 25.1 Å². The van der Waals surface area contributed by atoms with Crippen LogP contribution >= 0.6 is 0 Å². The van der Waals surface area contributed by atoms with Crippen LogP contribution in [-0.4, -0.2) is 18.6 Å². The van der Waals surface area contributed by atoms with Gasteiger partial charge in [-0.3, -0.25) is 4.79 Å².